The Morgan fingerprint density at radius 3 is 2.60 bits per heavy atom. The summed E-state index contributed by atoms with van der Waals surface area (Å²) in [7, 11) is 2.30. The molecule has 1 saturated heterocycles. The minimum Gasteiger partial charge on any atom is -0.327 e. The molecule has 0 amide bonds. The van der Waals surface area contributed by atoms with Crippen LogP contribution < -0.4 is 5.73 Å². The molecule has 1 aliphatic heterocycles. The van der Waals surface area contributed by atoms with E-state index in [4.69, 9.17) is 5.73 Å². The van der Waals surface area contributed by atoms with Crippen LogP contribution in [0.3, 0.4) is 0 Å². The van der Waals surface area contributed by atoms with Crippen molar-refractivity contribution < 1.29 is 0 Å². The molecule has 3 heteroatoms. The molecule has 0 aromatic rings. The smallest absolute Gasteiger partial charge is 0.0223 e. The molecule has 1 heterocycles. The summed E-state index contributed by atoms with van der Waals surface area (Å²) in [5.74, 6) is 2.28. The lowest BCUT2D eigenvalue weighted by atomic mass is 9.72. The summed E-state index contributed by atoms with van der Waals surface area (Å²) < 4.78 is 0. The van der Waals surface area contributed by atoms with Gasteiger partial charge in [-0.1, -0.05) is 20.8 Å². The van der Waals surface area contributed by atoms with Gasteiger partial charge in [-0.25, -0.2) is 0 Å². The van der Waals surface area contributed by atoms with Crippen molar-refractivity contribution in [1.29, 1.82) is 0 Å². The molecule has 0 spiro atoms. The van der Waals surface area contributed by atoms with Crippen molar-refractivity contribution in [1.82, 2.24) is 9.80 Å². The van der Waals surface area contributed by atoms with E-state index in [9.17, 15) is 0 Å². The van der Waals surface area contributed by atoms with E-state index in [1.54, 1.807) is 0 Å². The van der Waals surface area contributed by atoms with Gasteiger partial charge in [-0.2, -0.15) is 0 Å². The van der Waals surface area contributed by atoms with Gasteiger partial charge in [0.05, 0.1) is 0 Å². The second-order valence-corrected chi connectivity index (χ2v) is 7.53. The minimum absolute atomic E-state index is 0.405. The molecule has 1 saturated carbocycles. The Morgan fingerprint density at radius 1 is 1.20 bits per heavy atom. The molecule has 0 aromatic heterocycles. The zero-order valence-electron chi connectivity index (χ0n) is 14.0. The first-order valence-electron chi connectivity index (χ1n) is 8.69. The number of likely N-dealkylation sites (N-methyl/N-ethyl adjacent to an activating group) is 2. The molecule has 0 aromatic carbocycles. The van der Waals surface area contributed by atoms with Gasteiger partial charge in [-0.15, -0.1) is 0 Å². The summed E-state index contributed by atoms with van der Waals surface area (Å²) in [5, 5.41) is 0. The van der Waals surface area contributed by atoms with Crippen LogP contribution in [0.5, 0.6) is 0 Å². The number of nitrogens with two attached hydrogens (primary N) is 1. The van der Waals surface area contributed by atoms with Crippen LogP contribution in [0.1, 0.15) is 46.5 Å². The Balaban J connectivity index is 1.83. The lowest BCUT2D eigenvalue weighted by Gasteiger charge is -2.40. The monoisotopic (exact) mass is 281 g/mol. The molecular formula is C17H35N3. The molecule has 118 valence electrons. The lowest BCUT2D eigenvalue weighted by molar-refractivity contribution is 0.114. The Kier molecular flexibility index (Phi) is 5.88. The summed E-state index contributed by atoms with van der Waals surface area (Å²) in [6.45, 7) is 12.0. The summed E-state index contributed by atoms with van der Waals surface area (Å²) in [4.78, 5) is 5.19. The van der Waals surface area contributed by atoms with E-state index in [1.165, 1.54) is 51.9 Å². The summed E-state index contributed by atoms with van der Waals surface area (Å²) >= 11 is 0. The van der Waals surface area contributed by atoms with Crippen LogP contribution >= 0.6 is 0 Å². The van der Waals surface area contributed by atoms with Gasteiger partial charge in [0.1, 0.15) is 0 Å². The second-order valence-electron chi connectivity index (χ2n) is 7.53. The van der Waals surface area contributed by atoms with E-state index in [0.29, 0.717) is 12.0 Å². The van der Waals surface area contributed by atoms with Crippen LogP contribution in [0, 0.1) is 17.8 Å². The standard InChI is InChI=1S/C17H35N3/c1-5-20-8-6-7-15(20)11-19(4)12-16-14(3)9-13(2)10-17(16)18/h13-17H,5-12,18H2,1-4H3. The largest absolute Gasteiger partial charge is 0.327 e. The summed E-state index contributed by atoms with van der Waals surface area (Å²) in [5.41, 5.74) is 6.43. The van der Waals surface area contributed by atoms with E-state index < -0.39 is 0 Å². The highest BCUT2D eigenvalue weighted by atomic mass is 15.2. The maximum absolute atomic E-state index is 6.43. The van der Waals surface area contributed by atoms with Gasteiger partial charge < -0.3 is 10.6 Å². The molecule has 2 N–H and O–H groups in total. The maximum atomic E-state index is 6.43. The lowest BCUT2D eigenvalue weighted by Crippen LogP contribution is -2.48. The minimum atomic E-state index is 0.405. The number of likely N-dealkylation sites (tertiary alicyclic amines) is 1. The third-order valence-corrected chi connectivity index (χ3v) is 5.68. The van der Waals surface area contributed by atoms with E-state index in [-0.39, 0.29) is 0 Å². The fourth-order valence-electron chi connectivity index (χ4n) is 4.59. The molecule has 2 rings (SSSR count). The topological polar surface area (TPSA) is 32.5 Å². The van der Waals surface area contributed by atoms with Gasteiger partial charge in [-0.3, -0.25) is 4.90 Å². The highest BCUT2D eigenvalue weighted by molar-refractivity contribution is 4.88. The first-order chi connectivity index (χ1) is 9.51. The third-order valence-electron chi connectivity index (χ3n) is 5.68. The molecule has 5 unspecified atom stereocenters. The molecule has 5 atom stereocenters. The van der Waals surface area contributed by atoms with Crippen LogP contribution in [-0.2, 0) is 0 Å². The second kappa shape index (κ2) is 7.24. The van der Waals surface area contributed by atoms with Crippen molar-refractivity contribution in [2.45, 2.75) is 58.5 Å². The van der Waals surface area contributed by atoms with E-state index >= 15 is 0 Å². The quantitative estimate of drug-likeness (QED) is 0.840. The third kappa shape index (κ3) is 3.96. The number of hydrogen-bond donors (Lipinski definition) is 1. The average molecular weight is 281 g/mol. The normalized spacial score (nSPS) is 39.6. The zero-order valence-corrected chi connectivity index (χ0v) is 14.0. The molecule has 20 heavy (non-hydrogen) atoms. The van der Waals surface area contributed by atoms with Crippen molar-refractivity contribution in [2.75, 3.05) is 33.2 Å². The molecule has 3 nitrogen and oxygen atoms in total. The van der Waals surface area contributed by atoms with Crippen molar-refractivity contribution in [3.63, 3.8) is 0 Å². The Labute approximate surface area is 125 Å². The van der Waals surface area contributed by atoms with E-state index in [1.807, 2.05) is 0 Å². The highest BCUT2D eigenvalue weighted by Gasteiger charge is 2.33. The SMILES string of the molecule is CCN1CCCC1CN(C)CC1C(C)CC(C)CC1N. The van der Waals surface area contributed by atoms with Crippen molar-refractivity contribution in [2.24, 2.45) is 23.5 Å². The summed E-state index contributed by atoms with van der Waals surface area (Å²) in [6, 6.07) is 1.18. The number of hydrogen-bond acceptors (Lipinski definition) is 3. The fraction of sp³-hybridized carbons (Fsp3) is 1.00. The molecule has 2 aliphatic rings. The summed E-state index contributed by atoms with van der Waals surface area (Å²) in [6.07, 6.45) is 5.33. The van der Waals surface area contributed by atoms with Gasteiger partial charge >= 0.3 is 0 Å². The molecule has 2 fully saturated rings. The van der Waals surface area contributed by atoms with Crippen molar-refractivity contribution >= 4 is 0 Å². The van der Waals surface area contributed by atoms with Crippen LogP contribution in [0.15, 0.2) is 0 Å². The number of rotatable bonds is 5. The van der Waals surface area contributed by atoms with Crippen LogP contribution in [0.25, 0.3) is 0 Å². The van der Waals surface area contributed by atoms with Gasteiger partial charge in [0.25, 0.3) is 0 Å². The molecule has 0 bridgehead atoms. The maximum Gasteiger partial charge on any atom is 0.0223 e. The van der Waals surface area contributed by atoms with Crippen molar-refractivity contribution in [3.8, 4) is 0 Å². The predicted octanol–water partition coefficient (Wildman–Crippen LogP) is 2.41. The first-order valence-corrected chi connectivity index (χ1v) is 8.69. The Hall–Kier alpha value is -0.120. The van der Waals surface area contributed by atoms with E-state index in [0.717, 1.165) is 17.9 Å². The predicted molar refractivity (Wildman–Crippen MR) is 86.8 cm³/mol. The van der Waals surface area contributed by atoms with Crippen LogP contribution in [0.4, 0.5) is 0 Å². The average Bonchev–Trinajstić information content (AvgIpc) is 2.81. The Morgan fingerprint density at radius 2 is 1.95 bits per heavy atom. The Bertz CT molecular complexity index is 282. The molecule has 0 radical (unpaired) electrons. The van der Waals surface area contributed by atoms with Crippen LogP contribution in [-0.4, -0.2) is 55.1 Å². The van der Waals surface area contributed by atoms with Crippen molar-refractivity contribution in [3.05, 3.63) is 0 Å². The van der Waals surface area contributed by atoms with Gasteiger partial charge in [-0.05, 0) is 63.6 Å². The highest BCUT2D eigenvalue weighted by Crippen LogP contribution is 2.33. The fourth-order valence-corrected chi connectivity index (χ4v) is 4.59. The van der Waals surface area contributed by atoms with E-state index in [2.05, 4.69) is 37.6 Å². The van der Waals surface area contributed by atoms with Gasteiger partial charge in [0, 0.05) is 25.2 Å². The zero-order chi connectivity index (χ0) is 14.7. The number of nitrogens with zero attached hydrogens (tertiary/aromatic N) is 2. The van der Waals surface area contributed by atoms with Crippen LogP contribution in [0.2, 0.25) is 0 Å². The first kappa shape index (κ1) is 16.3. The molecule has 1 aliphatic carbocycles. The van der Waals surface area contributed by atoms with Gasteiger partial charge in [0.2, 0.25) is 0 Å². The molecular weight excluding hydrogens is 246 g/mol. The van der Waals surface area contributed by atoms with Gasteiger partial charge in [0.15, 0.2) is 0 Å².